The standard InChI is InChI=1S/C17H13NO3/c1-21-16-10-15(17(19)20)18-14-8-7-12(9-13(14)16)11-5-3-2-4-6-11/h2-10H,1H3,(H,19,20). The molecule has 1 N–H and O–H groups in total. The molecular formula is C17H13NO3. The number of aromatic carboxylic acids is 1. The van der Waals surface area contributed by atoms with Crippen LogP contribution in [-0.4, -0.2) is 23.2 Å². The number of carboxylic acids is 1. The van der Waals surface area contributed by atoms with Crippen molar-refractivity contribution in [1.82, 2.24) is 4.98 Å². The maximum Gasteiger partial charge on any atom is 0.354 e. The highest BCUT2D eigenvalue weighted by atomic mass is 16.5. The molecule has 0 saturated heterocycles. The van der Waals surface area contributed by atoms with E-state index in [9.17, 15) is 4.79 Å². The van der Waals surface area contributed by atoms with Crippen LogP contribution in [0.25, 0.3) is 22.0 Å². The molecule has 0 unspecified atom stereocenters. The molecular weight excluding hydrogens is 266 g/mol. The van der Waals surface area contributed by atoms with Gasteiger partial charge in [0.2, 0.25) is 0 Å². The SMILES string of the molecule is COc1cc(C(=O)O)nc2ccc(-c3ccccc3)cc12. The van der Waals surface area contributed by atoms with Crippen molar-refractivity contribution in [2.75, 3.05) is 7.11 Å². The van der Waals surface area contributed by atoms with Crippen molar-refractivity contribution in [2.45, 2.75) is 0 Å². The first-order valence-corrected chi connectivity index (χ1v) is 6.46. The molecule has 4 nitrogen and oxygen atoms in total. The van der Waals surface area contributed by atoms with Gasteiger partial charge in [0.05, 0.1) is 12.6 Å². The summed E-state index contributed by atoms with van der Waals surface area (Å²) in [5.74, 6) is -0.558. The summed E-state index contributed by atoms with van der Waals surface area (Å²) in [4.78, 5) is 15.2. The van der Waals surface area contributed by atoms with Crippen molar-refractivity contribution in [3.63, 3.8) is 0 Å². The smallest absolute Gasteiger partial charge is 0.354 e. The Balaban J connectivity index is 2.22. The average molecular weight is 279 g/mol. The van der Waals surface area contributed by atoms with Gasteiger partial charge in [-0.2, -0.15) is 0 Å². The molecule has 1 aromatic heterocycles. The highest BCUT2D eigenvalue weighted by Crippen LogP contribution is 2.30. The molecule has 0 amide bonds. The zero-order chi connectivity index (χ0) is 14.8. The predicted octanol–water partition coefficient (Wildman–Crippen LogP) is 3.61. The number of nitrogens with zero attached hydrogens (tertiary/aromatic N) is 1. The lowest BCUT2D eigenvalue weighted by molar-refractivity contribution is 0.0690. The molecule has 0 aliphatic carbocycles. The minimum absolute atomic E-state index is 0.0215. The fraction of sp³-hybridized carbons (Fsp3) is 0.0588. The lowest BCUT2D eigenvalue weighted by Crippen LogP contribution is -2.01. The van der Waals surface area contributed by atoms with Gasteiger partial charge in [-0.3, -0.25) is 0 Å². The van der Waals surface area contributed by atoms with Gasteiger partial charge in [-0.05, 0) is 23.3 Å². The van der Waals surface area contributed by atoms with Gasteiger partial charge in [0.1, 0.15) is 5.75 Å². The lowest BCUT2D eigenvalue weighted by Gasteiger charge is -2.09. The van der Waals surface area contributed by atoms with Gasteiger partial charge in [0.15, 0.2) is 5.69 Å². The van der Waals surface area contributed by atoms with E-state index < -0.39 is 5.97 Å². The highest BCUT2D eigenvalue weighted by Gasteiger charge is 2.12. The molecule has 1 heterocycles. The van der Waals surface area contributed by atoms with Crippen molar-refractivity contribution in [3.05, 3.63) is 60.3 Å². The largest absolute Gasteiger partial charge is 0.496 e. The van der Waals surface area contributed by atoms with E-state index in [4.69, 9.17) is 9.84 Å². The number of pyridine rings is 1. The number of hydrogen-bond acceptors (Lipinski definition) is 3. The van der Waals surface area contributed by atoms with Gasteiger partial charge in [-0.1, -0.05) is 36.4 Å². The number of carbonyl (C=O) groups is 1. The second-order valence-electron chi connectivity index (χ2n) is 4.61. The molecule has 2 aromatic carbocycles. The Morgan fingerprint density at radius 2 is 1.81 bits per heavy atom. The number of carboxylic acid groups (broad SMARTS) is 1. The summed E-state index contributed by atoms with van der Waals surface area (Å²) >= 11 is 0. The Morgan fingerprint density at radius 1 is 1.05 bits per heavy atom. The first-order chi connectivity index (χ1) is 10.2. The molecule has 0 bridgehead atoms. The summed E-state index contributed by atoms with van der Waals surface area (Å²) in [7, 11) is 1.52. The number of benzene rings is 2. The summed E-state index contributed by atoms with van der Waals surface area (Å²) in [6, 6.07) is 17.1. The average Bonchev–Trinajstić information content (AvgIpc) is 2.54. The quantitative estimate of drug-likeness (QED) is 0.795. The van der Waals surface area contributed by atoms with Crippen molar-refractivity contribution < 1.29 is 14.6 Å². The van der Waals surface area contributed by atoms with Crippen molar-refractivity contribution in [3.8, 4) is 16.9 Å². The maximum atomic E-state index is 11.1. The molecule has 3 rings (SSSR count). The Labute approximate surface area is 121 Å². The molecule has 104 valence electrons. The summed E-state index contributed by atoms with van der Waals surface area (Å²) in [6.45, 7) is 0. The minimum Gasteiger partial charge on any atom is -0.496 e. The third-order valence-corrected chi connectivity index (χ3v) is 3.32. The normalized spacial score (nSPS) is 10.5. The summed E-state index contributed by atoms with van der Waals surface area (Å²) in [6.07, 6.45) is 0. The van der Waals surface area contributed by atoms with E-state index in [2.05, 4.69) is 4.98 Å². The number of hydrogen-bond donors (Lipinski definition) is 1. The molecule has 0 atom stereocenters. The highest BCUT2D eigenvalue weighted by molar-refractivity contribution is 5.95. The number of rotatable bonds is 3. The summed E-state index contributed by atoms with van der Waals surface area (Å²) < 4.78 is 5.31. The van der Waals surface area contributed by atoms with Gasteiger partial charge in [0, 0.05) is 11.5 Å². The number of aromatic nitrogens is 1. The van der Waals surface area contributed by atoms with Crippen molar-refractivity contribution >= 4 is 16.9 Å². The number of ether oxygens (including phenoxy) is 1. The molecule has 3 aromatic rings. The van der Waals surface area contributed by atoms with Crippen LogP contribution in [0.1, 0.15) is 10.5 Å². The van der Waals surface area contributed by atoms with Gasteiger partial charge >= 0.3 is 5.97 Å². The molecule has 0 fully saturated rings. The monoisotopic (exact) mass is 279 g/mol. The first kappa shape index (κ1) is 13.1. The van der Waals surface area contributed by atoms with Crippen molar-refractivity contribution in [2.24, 2.45) is 0 Å². The summed E-state index contributed by atoms with van der Waals surface area (Å²) in [5, 5.41) is 9.87. The van der Waals surface area contributed by atoms with Crippen LogP contribution in [-0.2, 0) is 0 Å². The Bertz CT molecular complexity index is 813. The van der Waals surface area contributed by atoms with E-state index in [1.54, 1.807) is 0 Å². The van der Waals surface area contributed by atoms with Crippen LogP contribution >= 0.6 is 0 Å². The molecule has 0 spiro atoms. The molecule has 0 aliphatic heterocycles. The molecule has 0 aliphatic rings. The fourth-order valence-corrected chi connectivity index (χ4v) is 2.28. The zero-order valence-corrected chi connectivity index (χ0v) is 11.4. The van der Waals surface area contributed by atoms with Gasteiger partial charge < -0.3 is 9.84 Å². The Morgan fingerprint density at radius 3 is 2.48 bits per heavy atom. The number of fused-ring (bicyclic) bond motifs is 1. The third-order valence-electron chi connectivity index (χ3n) is 3.32. The second kappa shape index (κ2) is 5.25. The topological polar surface area (TPSA) is 59.4 Å². The van der Waals surface area contributed by atoms with Crippen LogP contribution < -0.4 is 4.74 Å². The molecule has 21 heavy (non-hydrogen) atoms. The van der Waals surface area contributed by atoms with Crippen LogP contribution in [0.2, 0.25) is 0 Å². The van der Waals surface area contributed by atoms with Gasteiger partial charge in [-0.25, -0.2) is 9.78 Å². The zero-order valence-electron chi connectivity index (χ0n) is 11.4. The third kappa shape index (κ3) is 2.43. The first-order valence-electron chi connectivity index (χ1n) is 6.46. The molecule has 0 saturated carbocycles. The van der Waals surface area contributed by atoms with Crippen LogP contribution in [0.5, 0.6) is 5.75 Å². The summed E-state index contributed by atoms with van der Waals surface area (Å²) in [5.41, 5.74) is 2.70. The number of methoxy groups -OCH3 is 1. The fourth-order valence-electron chi connectivity index (χ4n) is 2.28. The van der Waals surface area contributed by atoms with E-state index >= 15 is 0 Å². The molecule has 4 heteroatoms. The van der Waals surface area contributed by atoms with E-state index in [1.807, 2.05) is 48.5 Å². The van der Waals surface area contributed by atoms with Crippen LogP contribution in [0.4, 0.5) is 0 Å². The van der Waals surface area contributed by atoms with E-state index in [-0.39, 0.29) is 5.69 Å². The van der Waals surface area contributed by atoms with Gasteiger partial charge in [0.25, 0.3) is 0 Å². The van der Waals surface area contributed by atoms with Crippen LogP contribution in [0, 0.1) is 0 Å². The Hall–Kier alpha value is -2.88. The second-order valence-corrected chi connectivity index (χ2v) is 4.61. The van der Waals surface area contributed by atoms with Crippen molar-refractivity contribution in [1.29, 1.82) is 0 Å². The van der Waals surface area contributed by atoms with E-state index in [0.29, 0.717) is 11.3 Å². The van der Waals surface area contributed by atoms with E-state index in [1.165, 1.54) is 13.2 Å². The van der Waals surface area contributed by atoms with Gasteiger partial charge in [-0.15, -0.1) is 0 Å². The molecule has 0 radical (unpaired) electrons. The van der Waals surface area contributed by atoms with Crippen LogP contribution in [0.15, 0.2) is 54.6 Å². The maximum absolute atomic E-state index is 11.1. The minimum atomic E-state index is -1.07. The lowest BCUT2D eigenvalue weighted by atomic mass is 10.0. The Kier molecular flexibility index (Phi) is 3.28. The van der Waals surface area contributed by atoms with Crippen LogP contribution in [0.3, 0.4) is 0 Å². The van der Waals surface area contributed by atoms with E-state index in [0.717, 1.165) is 16.5 Å². The predicted molar refractivity (Wildman–Crippen MR) is 80.7 cm³/mol.